The number of benzene rings is 1. The third kappa shape index (κ3) is 2.82. The molecule has 1 aromatic carbocycles. The highest BCUT2D eigenvalue weighted by molar-refractivity contribution is 5.38. The van der Waals surface area contributed by atoms with Gasteiger partial charge in [-0.3, -0.25) is 4.90 Å². The molecule has 0 saturated carbocycles. The van der Waals surface area contributed by atoms with E-state index in [9.17, 15) is 0 Å². The lowest BCUT2D eigenvalue weighted by Crippen LogP contribution is -2.55. The lowest BCUT2D eigenvalue weighted by molar-refractivity contribution is 0.0831. The molecule has 1 aromatic rings. The lowest BCUT2D eigenvalue weighted by Gasteiger charge is -2.41. The zero-order valence-corrected chi connectivity index (χ0v) is 12.3. The first-order chi connectivity index (χ1) is 9.78. The molecule has 0 aliphatic carbocycles. The fourth-order valence-electron chi connectivity index (χ4n) is 3.40. The molecule has 1 fully saturated rings. The predicted molar refractivity (Wildman–Crippen MR) is 81.2 cm³/mol. The van der Waals surface area contributed by atoms with Gasteiger partial charge in [-0.25, -0.2) is 0 Å². The number of likely N-dealkylation sites (N-methyl/N-ethyl adjacent to an activating group) is 1. The molecule has 1 saturated heterocycles. The highest BCUT2D eigenvalue weighted by Gasteiger charge is 2.29. The second-order valence-electron chi connectivity index (χ2n) is 6.02. The topological polar surface area (TPSA) is 41.7 Å². The summed E-state index contributed by atoms with van der Waals surface area (Å²) in [7, 11) is 2.18. The number of rotatable bonds is 3. The Balaban J connectivity index is 1.72. The van der Waals surface area contributed by atoms with Gasteiger partial charge >= 0.3 is 0 Å². The summed E-state index contributed by atoms with van der Waals surface area (Å²) in [5.41, 5.74) is 7.33. The quantitative estimate of drug-likeness (QED) is 0.898. The second kappa shape index (κ2) is 6.12. The van der Waals surface area contributed by atoms with E-state index in [0.29, 0.717) is 12.0 Å². The molecular weight excluding hydrogens is 250 g/mol. The summed E-state index contributed by atoms with van der Waals surface area (Å²) in [6, 6.07) is 8.97. The number of nitrogens with zero attached hydrogens (tertiary/aromatic N) is 2. The van der Waals surface area contributed by atoms with Gasteiger partial charge in [0.1, 0.15) is 5.75 Å². The Morgan fingerprint density at radius 1 is 1.30 bits per heavy atom. The van der Waals surface area contributed by atoms with Crippen molar-refractivity contribution in [3.05, 3.63) is 29.8 Å². The molecule has 2 heterocycles. The Bertz CT molecular complexity index is 451. The van der Waals surface area contributed by atoms with Crippen LogP contribution in [0.1, 0.15) is 17.9 Å². The van der Waals surface area contributed by atoms with Crippen LogP contribution in [0.2, 0.25) is 0 Å². The number of para-hydroxylation sites is 1. The van der Waals surface area contributed by atoms with Crippen molar-refractivity contribution < 1.29 is 4.74 Å². The number of fused-ring (bicyclic) bond motifs is 1. The van der Waals surface area contributed by atoms with Crippen LogP contribution in [0.5, 0.6) is 5.75 Å². The lowest BCUT2D eigenvalue weighted by atomic mass is 9.92. The summed E-state index contributed by atoms with van der Waals surface area (Å²) in [5, 5.41) is 0. The minimum atomic E-state index is 0.490. The van der Waals surface area contributed by atoms with Crippen LogP contribution in [-0.2, 0) is 0 Å². The molecule has 2 atom stereocenters. The largest absolute Gasteiger partial charge is 0.493 e. The predicted octanol–water partition coefficient (Wildman–Crippen LogP) is 1.13. The van der Waals surface area contributed by atoms with Crippen molar-refractivity contribution in [1.82, 2.24) is 9.80 Å². The highest BCUT2D eigenvalue weighted by atomic mass is 16.5. The molecule has 0 spiro atoms. The summed E-state index contributed by atoms with van der Waals surface area (Å²) in [6.07, 6.45) is 1.11. The van der Waals surface area contributed by atoms with Crippen molar-refractivity contribution in [3.63, 3.8) is 0 Å². The van der Waals surface area contributed by atoms with E-state index in [1.54, 1.807) is 0 Å². The Morgan fingerprint density at radius 3 is 3.00 bits per heavy atom. The number of hydrogen-bond donors (Lipinski definition) is 1. The van der Waals surface area contributed by atoms with Crippen molar-refractivity contribution in [2.75, 3.05) is 46.4 Å². The molecule has 20 heavy (non-hydrogen) atoms. The minimum absolute atomic E-state index is 0.490. The number of hydrogen-bond acceptors (Lipinski definition) is 4. The summed E-state index contributed by atoms with van der Waals surface area (Å²) >= 11 is 0. The molecular formula is C16H25N3O. The molecule has 0 radical (unpaired) electrons. The molecule has 2 unspecified atom stereocenters. The van der Waals surface area contributed by atoms with E-state index in [-0.39, 0.29) is 0 Å². The zero-order chi connectivity index (χ0) is 13.9. The number of piperazine rings is 1. The monoisotopic (exact) mass is 275 g/mol. The van der Waals surface area contributed by atoms with E-state index in [2.05, 4.69) is 41.1 Å². The van der Waals surface area contributed by atoms with Crippen molar-refractivity contribution in [2.45, 2.75) is 18.4 Å². The minimum Gasteiger partial charge on any atom is -0.493 e. The molecule has 2 aliphatic heterocycles. The first kappa shape index (κ1) is 13.9. The average molecular weight is 275 g/mol. The van der Waals surface area contributed by atoms with E-state index in [1.807, 2.05) is 0 Å². The van der Waals surface area contributed by atoms with Crippen LogP contribution in [0.15, 0.2) is 24.3 Å². The van der Waals surface area contributed by atoms with E-state index in [4.69, 9.17) is 10.5 Å². The van der Waals surface area contributed by atoms with Crippen molar-refractivity contribution in [1.29, 1.82) is 0 Å². The maximum atomic E-state index is 5.96. The SMILES string of the molecule is CN1CCN(CC2CCOc3ccccc32)C(CN)C1. The van der Waals surface area contributed by atoms with Gasteiger partial charge < -0.3 is 15.4 Å². The standard InChI is InChI=1S/C16H25N3O/c1-18-7-8-19(14(10-17)12-18)11-13-6-9-20-16-5-3-2-4-15(13)16/h2-5,13-14H,6-12,17H2,1H3. The van der Waals surface area contributed by atoms with Crippen LogP contribution >= 0.6 is 0 Å². The smallest absolute Gasteiger partial charge is 0.122 e. The molecule has 0 amide bonds. The Kier molecular flexibility index (Phi) is 4.24. The average Bonchev–Trinajstić information content (AvgIpc) is 2.49. The summed E-state index contributed by atoms with van der Waals surface area (Å²) in [5.74, 6) is 1.65. The Morgan fingerprint density at radius 2 is 2.15 bits per heavy atom. The maximum Gasteiger partial charge on any atom is 0.122 e. The van der Waals surface area contributed by atoms with Gasteiger partial charge in [0.2, 0.25) is 0 Å². The van der Waals surface area contributed by atoms with Crippen molar-refractivity contribution in [2.24, 2.45) is 5.73 Å². The number of ether oxygens (including phenoxy) is 1. The highest BCUT2D eigenvalue weighted by Crippen LogP contribution is 2.34. The van der Waals surface area contributed by atoms with Gasteiger partial charge in [-0.2, -0.15) is 0 Å². The van der Waals surface area contributed by atoms with Crippen LogP contribution in [-0.4, -0.2) is 62.2 Å². The van der Waals surface area contributed by atoms with Crippen LogP contribution in [0.3, 0.4) is 0 Å². The van der Waals surface area contributed by atoms with E-state index in [0.717, 1.165) is 51.5 Å². The molecule has 0 bridgehead atoms. The number of nitrogens with two attached hydrogens (primary N) is 1. The molecule has 2 aliphatic rings. The Hall–Kier alpha value is -1.10. The molecule has 110 valence electrons. The zero-order valence-electron chi connectivity index (χ0n) is 12.3. The van der Waals surface area contributed by atoms with Gasteiger partial charge in [-0.05, 0) is 25.1 Å². The fourth-order valence-corrected chi connectivity index (χ4v) is 3.40. The van der Waals surface area contributed by atoms with Gasteiger partial charge in [0.25, 0.3) is 0 Å². The first-order valence-corrected chi connectivity index (χ1v) is 7.62. The Labute approximate surface area is 121 Å². The molecule has 2 N–H and O–H groups in total. The van der Waals surface area contributed by atoms with Gasteiger partial charge in [0.05, 0.1) is 6.61 Å². The fraction of sp³-hybridized carbons (Fsp3) is 0.625. The van der Waals surface area contributed by atoms with Crippen molar-refractivity contribution >= 4 is 0 Å². The van der Waals surface area contributed by atoms with Gasteiger partial charge in [-0.1, -0.05) is 18.2 Å². The van der Waals surface area contributed by atoms with Crippen LogP contribution < -0.4 is 10.5 Å². The van der Waals surface area contributed by atoms with E-state index < -0.39 is 0 Å². The van der Waals surface area contributed by atoms with Gasteiger partial charge in [-0.15, -0.1) is 0 Å². The summed E-state index contributed by atoms with van der Waals surface area (Å²) in [4.78, 5) is 4.96. The summed E-state index contributed by atoms with van der Waals surface area (Å²) < 4.78 is 5.76. The third-order valence-electron chi connectivity index (χ3n) is 4.62. The first-order valence-electron chi connectivity index (χ1n) is 7.62. The normalized spacial score (nSPS) is 27.9. The molecule has 4 heteroatoms. The van der Waals surface area contributed by atoms with Gasteiger partial charge in [0.15, 0.2) is 0 Å². The molecule has 3 rings (SSSR count). The van der Waals surface area contributed by atoms with E-state index >= 15 is 0 Å². The van der Waals surface area contributed by atoms with Crippen LogP contribution in [0, 0.1) is 0 Å². The third-order valence-corrected chi connectivity index (χ3v) is 4.62. The van der Waals surface area contributed by atoms with E-state index in [1.165, 1.54) is 5.56 Å². The van der Waals surface area contributed by atoms with Crippen LogP contribution in [0.25, 0.3) is 0 Å². The molecule has 0 aromatic heterocycles. The maximum absolute atomic E-state index is 5.96. The second-order valence-corrected chi connectivity index (χ2v) is 6.02. The summed E-state index contributed by atoms with van der Waals surface area (Å²) in [6.45, 7) is 6.04. The van der Waals surface area contributed by atoms with Crippen molar-refractivity contribution in [3.8, 4) is 5.75 Å². The molecule has 4 nitrogen and oxygen atoms in total. The van der Waals surface area contributed by atoms with Crippen LogP contribution in [0.4, 0.5) is 0 Å². The van der Waals surface area contributed by atoms with Gasteiger partial charge in [0, 0.05) is 44.7 Å².